The minimum Gasteiger partial charge on any atom is -0.483 e. The summed E-state index contributed by atoms with van der Waals surface area (Å²) in [6.45, 7) is -0.995. The first-order valence-electron chi connectivity index (χ1n) is 9.54. The van der Waals surface area contributed by atoms with Crippen molar-refractivity contribution in [2.24, 2.45) is 0 Å². The normalized spacial score (nSPS) is 14.8. The van der Waals surface area contributed by atoms with Gasteiger partial charge < -0.3 is 14.5 Å². The topological polar surface area (TPSA) is 75.9 Å². The number of carbonyl (C=O) groups excluding carboxylic acids is 1. The van der Waals surface area contributed by atoms with E-state index in [1.807, 2.05) is 0 Å². The highest BCUT2D eigenvalue weighted by Gasteiger charge is 2.32. The van der Waals surface area contributed by atoms with Crippen LogP contribution in [0.25, 0.3) is 0 Å². The molecule has 0 atom stereocenters. The fourth-order valence-electron chi connectivity index (χ4n) is 3.28. The summed E-state index contributed by atoms with van der Waals surface area (Å²) in [5.74, 6) is -1.18. The summed E-state index contributed by atoms with van der Waals surface area (Å²) in [4.78, 5) is 26.2. The Balaban J connectivity index is 1.73. The lowest BCUT2D eigenvalue weighted by molar-refractivity contribution is -0.384. The molecular formula is C20H17F6N3O4. The number of piperazine rings is 1. The number of halogens is 6. The van der Waals surface area contributed by atoms with Crippen molar-refractivity contribution in [3.05, 3.63) is 63.7 Å². The van der Waals surface area contributed by atoms with Crippen LogP contribution in [0.3, 0.4) is 0 Å². The monoisotopic (exact) mass is 477 g/mol. The SMILES string of the molecule is O=C(c1cc([N+](=O)[O-])ccc1OCC(F)(F)F)N1CCN(c2ccc(C(F)(F)F)cc2)CC1. The molecule has 0 aliphatic carbocycles. The van der Waals surface area contributed by atoms with Gasteiger partial charge in [-0.1, -0.05) is 0 Å². The summed E-state index contributed by atoms with van der Waals surface area (Å²) in [5.41, 5.74) is -1.14. The highest BCUT2D eigenvalue weighted by atomic mass is 19.4. The van der Waals surface area contributed by atoms with Gasteiger partial charge in [-0.15, -0.1) is 0 Å². The van der Waals surface area contributed by atoms with Crippen LogP contribution < -0.4 is 9.64 Å². The fourth-order valence-corrected chi connectivity index (χ4v) is 3.28. The largest absolute Gasteiger partial charge is 0.483 e. The van der Waals surface area contributed by atoms with Gasteiger partial charge in [-0.3, -0.25) is 14.9 Å². The highest BCUT2D eigenvalue weighted by Crippen LogP contribution is 2.31. The van der Waals surface area contributed by atoms with E-state index in [-0.39, 0.29) is 31.7 Å². The molecule has 0 radical (unpaired) electrons. The lowest BCUT2D eigenvalue weighted by atomic mass is 10.1. The van der Waals surface area contributed by atoms with Crippen molar-refractivity contribution < 1.29 is 40.8 Å². The number of non-ortho nitro benzene ring substituents is 1. The van der Waals surface area contributed by atoms with Gasteiger partial charge in [0.25, 0.3) is 11.6 Å². The van der Waals surface area contributed by atoms with E-state index in [0.717, 1.165) is 30.3 Å². The number of anilines is 1. The zero-order valence-electron chi connectivity index (χ0n) is 16.8. The van der Waals surface area contributed by atoms with Gasteiger partial charge in [0.1, 0.15) is 5.75 Å². The number of nitro benzene ring substituents is 1. The molecule has 3 rings (SSSR count). The van der Waals surface area contributed by atoms with Crippen molar-refractivity contribution in [2.45, 2.75) is 12.4 Å². The molecule has 1 aliphatic heterocycles. The lowest BCUT2D eigenvalue weighted by Crippen LogP contribution is -2.48. The van der Waals surface area contributed by atoms with E-state index in [0.29, 0.717) is 5.69 Å². The van der Waals surface area contributed by atoms with Crippen molar-refractivity contribution in [3.8, 4) is 5.75 Å². The van der Waals surface area contributed by atoms with E-state index in [2.05, 4.69) is 4.74 Å². The van der Waals surface area contributed by atoms with Crippen molar-refractivity contribution in [1.29, 1.82) is 0 Å². The number of ether oxygens (including phenoxy) is 1. The minimum absolute atomic E-state index is 0.0985. The number of nitro groups is 1. The van der Waals surface area contributed by atoms with E-state index < -0.39 is 46.8 Å². The molecule has 2 aromatic carbocycles. The van der Waals surface area contributed by atoms with Crippen LogP contribution in [-0.2, 0) is 6.18 Å². The number of alkyl halides is 6. The molecule has 1 heterocycles. The number of rotatable bonds is 5. The van der Waals surface area contributed by atoms with E-state index in [4.69, 9.17) is 0 Å². The maximum absolute atomic E-state index is 12.9. The van der Waals surface area contributed by atoms with Crippen LogP contribution in [0.5, 0.6) is 5.75 Å². The van der Waals surface area contributed by atoms with Crippen molar-refractivity contribution in [3.63, 3.8) is 0 Å². The third kappa shape index (κ3) is 6.05. The summed E-state index contributed by atoms with van der Waals surface area (Å²) in [6, 6.07) is 7.24. The molecule has 0 bridgehead atoms. The first-order chi connectivity index (χ1) is 15.3. The van der Waals surface area contributed by atoms with Gasteiger partial charge in [-0.25, -0.2) is 0 Å². The van der Waals surface area contributed by atoms with Crippen LogP contribution in [0.1, 0.15) is 15.9 Å². The third-order valence-electron chi connectivity index (χ3n) is 4.92. The van der Waals surface area contributed by atoms with Gasteiger partial charge in [0, 0.05) is 44.0 Å². The second-order valence-electron chi connectivity index (χ2n) is 7.17. The summed E-state index contributed by atoms with van der Waals surface area (Å²) < 4.78 is 80.4. The number of carbonyl (C=O) groups is 1. The first-order valence-corrected chi connectivity index (χ1v) is 9.54. The molecule has 1 amide bonds. The molecular weight excluding hydrogens is 460 g/mol. The van der Waals surface area contributed by atoms with E-state index in [1.54, 1.807) is 4.90 Å². The Bertz CT molecular complexity index is 1020. The number of amides is 1. The Kier molecular flexibility index (Phi) is 6.70. The zero-order chi connectivity index (χ0) is 24.4. The second kappa shape index (κ2) is 9.16. The van der Waals surface area contributed by atoms with Crippen LogP contribution in [0.4, 0.5) is 37.7 Å². The first kappa shape index (κ1) is 24.1. The number of hydrogen-bond donors (Lipinski definition) is 0. The quantitative estimate of drug-likeness (QED) is 0.360. The van der Waals surface area contributed by atoms with E-state index >= 15 is 0 Å². The molecule has 0 aromatic heterocycles. The molecule has 0 N–H and O–H groups in total. The minimum atomic E-state index is -4.67. The number of nitrogens with zero attached hydrogens (tertiary/aromatic N) is 3. The van der Waals surface area contributed by atoms with E-state index in [9.17, 15) is 41.3 Å². The van der Waals surface area contributed by atoms with Crippen LogP contribution >= 0.6 is 0 Å². The molecule has 0 unspecified atom stereocenters. The molecule has 7 nitrogen and oxygen atoms in total. The Morgan fingerprint density at radius 2 is 1.58 bits per heavy atom. The molecule has 178 valence electrons. The maximum Gasteiger partial charge on any atom is 0.422 e. The van der Waals surface area contributed by atoms with Crippen molar-refractivity contribution >= 4 is 17.3 Å². The summed E-state index contributed by atoms with van der Waals surface area (Å²) in [5, 5.41) is 11.0. The van der Waals surface area contributed by atoms with Crippen molar-refractivity contribution in [2.75, 3.05) is 37.7 Å². The Labute approximate surface area is 183 Å². The highest BCUT2D eigenvalue weighted by molar-refractivity contribution is 5.97. The average Bonchev–Trinajstić information content (AvgIpc) is 2.76. The molecule has 1 fully saturated rings. The van der Waals surface area contributed by atoms with Crippen molar-refractivity contribution in [1.82, 2.24) is 4.90 Å². The maximum atomic E-state index is 12.9. The van der Waals surface area contributed by atoms with Crippen LogP contribution in [0.15, 0.2) is 42.5 Å². The predicted molar refractivity (Wildman–Crippen MR) is 104 cm³/mol. The van der Waals surface area contributed by atoms with Gasteiger partial charge in [0.15, 0.2) is 6.61 Å². The van der Waals surface area contributed by atoms with Gasteiger partial charge in [0.05, 0.1) is 16.1 Å². The Morgan fingerprint density at radius 1 is 0.970 bits per heavy atom. The van der Waals surface area contributed by atoms with E-state index in [1.165, 1.54) is 17.0 Å². The average molecular weight is 477 g/mol. The fraction of sp³-hybridized carbons (Fsp3) is 0.350. The smallest absolute Gasteiger partial charge is 0.422 e. The summed E-state index contributed by atoms with van der Waals surface area (Å²) >= 11 is 0. The van der Waals surface area contributed by atoms with Gasteiger partial charge in [0.2, 0.25) is 0 Å². The van der Waals surface area contributed by atoms with Gasteiger partial charge in [-0.2, -0.15) is 26.3 Å². The molecule has 0 saturated carbocycles. The lowest BCUT2D eigenvalue weighted by Gasteiger charge is -2.36. The molecule has 2 aromatic rings. The second-order valence-corrected chi connectivity index (χ2v) is 7.17. The summed E-state index contributed by atoms with van der Waals surface area (Å²) in [6.07, 6.45) is -9.14. The third-order valence-corrected chi connectivity index (χ3v) is 4.92. The zero-order valence-corrected chi connectivity index (χ0v) is 16.8. The van der Waals surface area contributed by atoms with Crippen LogP contribution in [-0.4, -0.2) is 54.7 Å². The molecule has 13 heteroatoms. The molecule has 0 spiro atoms. The van der Waals surface area contributed by atoms with Crippen LogP contribution in [0.2, 0.25) is 0 Å². The van der Waals surface area contributed by atoms with Gasteiger partial charge >= 0.3 is 12.4 Å². The molecule has 1 saturated heterocycles. The molecule has 33 heavy (non-hydrogen) atoms. The Hall–Kier alpha value is -3.51. The number of hydrogen-bond acceptors (Lipinski definition) is 5. The molecule has 1 aliphatic rings. The van der Waals surface area contributed by atoms with Crippen LogP contribution in [0, 0.1) is 10.1 Å². The van der Waals surface area contributed by atoms with Gasteiger partial charge in [-0.05, 0) is 30.3 Å². The Morgan fingerprint density at radius 3 is 2.09 bits per heavy atom. The predicted octanol–water partition coefficient (Wildman–Crippen LogP) is 4.52. The standard InChI is InChI=1S/C20H17F6N3O4/c21-19(22,23)12-33-17-6-5-15(29(31)32)11-16(17)18(30)28-9-7-27(8-10-28)14-3-1-13(2-4-14)20(24,25)26/h1-6,11H,7-10,12H2. The summed E-state index contributed by atoms with van der Waals surface area (Å²) in [7, 11) is 0. The number of benzene rings is 2.